The Morgan fingerprint density at radius 3 is 2.75 bits per heavy atom. The lowest BCUT2D eigenvalue weighted by Crippen LogP contribution is -2.30. The summed E-state index contributed by atoms with van der Waals surface area (Å²) >= 11 is 0. The van der Waals surface area contributed by atoms with Crippen molar-refractivity contribution in [3.05, 3.63) is 47.5 Å². The Hall–Kier alpha value is -1.78. The zero-order valence-electron chi connectivity index (χ0n) is 10.9. The molecule has 2 nitrogen and oxygen atoms in total. The summed E-state index contributed by atoms with van der Waals surface area (Å²) in [6.45, 7) is 0.128. The van der Waals surface area contributed by atoms with Crippen molar-refractivity contribution in [3.63, 3.8) is 0 Å². The van der Waals surface area contributed by atoms with Crippen LogP contribution in [0.2, 0.25) is 0 Å². The van der Waals surface area contributed by atoms with Crippen LogP contribution in [-0.4, -0.2) is 5.91 Å². The third-order valence-electron chi connectivity index (χ3n) is 3.36. The molecule has 0 aromatic heterocycles. The molecule has 1 aromatic carbocycles. The van der Waals surface area contributed by atoms with Crippen molar-refractivity contribution in [1.82, 2.24) is 5.32 Å². The van der Waals surface area contributed by atoms with E-state index in [-0.39, 0.29) is 18.4 Å². The Morgan fingerprint density at radius 1 is 1.30 bits per heavy atom. The van der Waals surface area contributed by atoms with E-state index in [0.29, 0.717) is 12.0 Å². The van der Waals surface area contributed by atoms with Gasteiger partial charge in [0.2, 0.25) is 5.91 Å². The zero-order chi connectivity index (χ0) is 14.6. The highest BCUT2D eigenvalue weighted by molar-refractivity contribution is 5.78. The maximum absolute atomic E-state index is 12.6. The fraction of sp³-hybridized carbons (Fsp3) is 0.400. The summed E-state index contributed by atoms with van der Waals surface area (Å²) in [6.07, 6.45) is 2.03. The van der Waals surface area contributed by atoms with E-state index in [1.807, 2.05) is 12.2 Å². The van der Waals surface area contributed by atoms with Gasteiger partial charge in [-0.1, -0.05) is 24.3 Å². The Labute approximate surface area is 115 Å². The molecule has 0 saturated carbocycles. The van der Waals surface area contributed by atoms with Gasteiger partial charge < -0.3 is 5.32 Å². The second-order valence-corrected chi connectivity index (χ2v) is 4.90. The van der Waals surface area contributed by atoms with Gasteiger partial charge in [-0.25, -0.2) is 0 Å². The van der Waals surface area contributed by atoms with Crippen LogP contribution in [0.15, 0.2) is 36.4 Å². The number of benzene rings is 1. The molecule has 0 bridgehead atoms. The predicted octanol–water partition coefficient (Wildman–Crippen LogP) is 3.68. The number of hydrogen-bond acceptors (Lipinski definition) is 1. The predicted molar refractivity (Wildman–Crippen MR) is 69.8 cm³/mol. The van der Waals surface area contributed by atoms with E-state index in [4.69, 9.17) is 0 Å². The molecule has 1 aliphatic carbocycles. The molecule has 20 heavy (non-hydrogen) atoms. The van der Waals surface area contributed by atoms with Crippen LogP contribution in [-0.2, 0) is 17.5 Å². The van der Waals surface area contributed by atoms with Crippen LogP contribution in [0.4, 0.5) is 13.2 Å². The minimum Gasteiger partial charge on any atom is -0.352 e. The second-order valence-electron chi connectivity index (χ2n) is 4.90. The highest BCUT2D eigenvalue weighted by atomic mass is 19.4. The lowest BCUT2D eigenvalue weighted by atomic mass is 9.93. The first-order valence-electron chi connectivity index (χ1n) is 6.55. The number of hydrogen-bond donors (Lipinski definition) is 1. The molecule has 1 N–H and O–H groups in total. The molecule has 0 heterocycles. The Bertz CT molecular complexity index is 508. The standard InChI is InChI=1S/C15H16F3NO/c16-15(17,18)13-8-4-5-11(9-13)10-19-14(20)12-6-2-1-3-7-12/h1-2,4-5,8-9,12H,3,6-7,10H2,(H,19,20)/t12-/m0/s1. The average molecular weight is 283 g/mol. The molecule has 1 aromatic rings. The molecule has 0 aliphatic heterocycles. The van der Waals surface area contributed by atoms with Gasteiger partial charge in [0, 0.05) is 12.5 Å². The average Bonchev–Trinajstić information content (AvgIpc) is 2.45. The smallest absolute Gasteiger partial charge is 0.352 e. The quantitative estimate of drug-likeness (QED) is 0.842. The van der Waals surface area contributed by atoms with Crippen molar-refractivity contribution in [2.75, 3.05) is 0 Å². The number of rotatable bonds is 3. The van der Waals surface area contributed by atoms with Gasteiger partial charge in [0.25, 0.3) is 0 Å². The SMILES string of the molecule is O=C(NCc1cccc(C(F)(F)F)c1)[C@H]1CC=CCC1. The Kier molecular flexibility index (Phi) is 4.47. The van der Waals surface area contributed by atoms with Crippen LogP contribution < -0.4 is 5.32 Å². The minimum atomic E-state index is -4.35. The van der Waals surface area contributed by atoms with Crippen molar-refractivity contribution in [1.29, 1.82) is 0 Å². The summed E-state index contributed by atoms with van der Waals surface area (Å²) in [4.78, 5) is 11.9. The first kappa shape index (κ1) is 14.6. The van der Waals surface area contributed by atoms with Crippen molar-refractivity contribution < 1.29 is 18.0 Å². The van der Waals surface area contributed by atoms with Gasteiger partial charge in [-0.05, 0) is 37.0 Å². The number of nitrogens with one attached hydrogen (secondary N) is 1. The first-order valence-corrected chi connectivity index (χ1v) is 6.55. The fourth-order valence-corrected chi connectivity index (χ4v) is 2.22. The van der Waals surface area contributed by atoms with Crippen LogP contribution in [0.3, 0.4) is 0 Å². The van der Waals surface area contributed by atoms with Crippen molar-refractivity contribution in [2.45, 2.75) is 32.0 Å². The third-order valence-corrected chi connectivity index (χ3v) is 3.36. The molecule has 2 rings (SSSR count). The molecule has 0 saturated heterocycles. The second kappa shape index (κ2) is 6.11. The van der Waals surface area contributed by atoms with Gasteiger partial charge in [0.15, 0.2) is 0 Å². The van der Waals surface area contributed by atoms with Crippen LogP contribution in [0, 0.1) is 5.92 Å². The molecule has 1 aliphatic rings. The number of amides is 1. The van der Waals surface area contributed by atoms with Crippen LogP contribution in [0.5, 0.6) is 0 Å². The van der Waals surface area contributed by atoms with Gasteiger partial charge in [-0.3, -0.25) is 4.79 Å². The number of alkyl halides is 3. The maximum atomic E-state index is 12.6. The summed E-state index contributed by atoms with van der Waals surface area (Å²) < 4.78 is 37.7. The van der Waals surface area contributed by atoms with Crippen LogP contribution in [0.1, 0.15) is 30.4 Å². The van der Waals surface area contributed by atoms with Crippen LogP contribution in [0.25, 0.3) is 0 Å². The molecule has 108 valence electrons. The Balaban J connectivity index is 1.94. The lowest BCUT2D eigenvalue weighted by Gasteiger charge is -2.17. The monoisotopic (exact) mass is 283 g/mol. The third kappa shape index (κ3) is 3.85. The first-order chi connectivity index (χ1) is 9.47. The summed E-state index contributed by atoms with van der Waals surface area (Å²) in [6, 6.07) is 5.03. The van der Waals surface area contributed by atoms with Crippen molar-refractivity contribution in [3.8, 4) is 0 Å². The van der Waals surface area contributed by atoms with Crippen molar-refractivity contribution in [2.24, 2.45) is 5.92 Å². The molecule has 0 radical (unpaired) electrons. The molecule has 0 fully saturated rings. The molecule has 1 atom stereocenters. The molecular weight excluding hydrogens is 267 g/mol. The highest BCUT2D eigenvalue weighted by Gasteiger charge is 2.30. The van der Waals surface area contributed by atoms with E-state index in [2.05, 4.69) is 5.32 Å². The van der Waals surface area contributed by atoms with Gasteiger partial charge in [0.1, 0.15) is 0 Å². The zero-order valence-corrected chi connectivity index (χ0v) is 10.9. The van der Waals surface area contributed by atoms with Gasteiger partial charge >= 0.3 is 6.18 Å². The number of carbonyl (C=O) groups is 1. The summed E-state index contributed by atoms with van der Waals surface area (Å²) in [5, 5.41) is 2.71. The highest BCUT2D eigenvalue weighted by Crippen LogP contribution is 2.29. The number of allylic oxidation sites excluding steroid dienone is 2. The normalized spacial score (nSPS) is 18.9. The topological polar surface area (TPSA) is 29.1 Å². The van der Waals surface area contributed by atoms with E-state index in [0.717, 1.165) is 25.0 Å². The molecule has 0 unspecified atom stereocenters. The maximum Gasteiger partial charge on any atom is 0.416 e. The van der Waals surface area contributed by atoms with E-state index < -0.39 is 11.7 Å². The van der Waals surface area contributed by atoms with E-state index >= 15 is 0 Å². The minimum absolute atomic E-state index is 0.0641. The summed E-state index contributed by atoms with van der Waals surface area (Å²) in [5.41, 5.74) is -0.232. The van der Waals surface area contributed by atoms with E-state index in [9.17, 15) is 18.0 Å². The summed E-state index contributed by atoms with van der Waals surface area (Å²) in [7, 11) is 0. The van der Waals surface area contributed by atoms with E-state index in [1.165, 1.54) is 6.07 Å². The van der Waals surface area contributed by atoms with Crippen LogP contribution >= 0.6 is 0 Å². The van der Waals surface area contributed by atoms with Crippen molar-refractivity contribution >= 4 is 5.91 Å². The molecular formula is C15H16F3NO. The Morgan fingerprint density at radius 2 is 2.10 bits per heavy atom. The van der Waals surface area contributed by atoms with E-state index in [1.54, 1.807) is 6.07 Å². The van der Waals surface area contributed by atoms with Gasteiger partial charge in [-0.2, -0.15) is 13.2 Å². The fourth-order valence-electron chi connectivity index (χ4n) is 2.22. The largest absolute Gasteiger partial charge is 0.416 e. The molecule has 0 spiro atoms. The lowest BCUT2D eigenvalue weighted by molar-refractivity contribution is -0.137. The number of halogens is 3. The van der Waals surface area contributed by atoms with Gasteiger partial charge in [0.05, 0.1) is 5.56 Å². The summed E-state index contributed by atoms with van der Waals surface area (Å²) in [5.74, 6) is -0.155. The van der Waals surface area contributed by atoms with Gasteiger partial charge in [-0.15, -0.1) is 0 Å². The number of carbonyl (C=O) groups excluding carboxylic acids is 1. The molecule has 1 amide bonds. The molecule has 5 heteroatoms.